The maximum absolute atomic E-state index is 11.8. The summed E-state index contributed by atoms with van der Waals surface area (Å²) >= 11 is 3.32. The molecule has 0 spiro atoms. The van der Waals surface area contributed by atoms with Crippen LogP contribution in [0.2, 0.25) is 0 Å². The van der Waals surface area contributed by atoms with Crippen LogP contribution >= 0.6 is 15.9 Å². The van der Waals surface area contributed by atoms with E-state index in [1.54, 1.807) is 25.1 Å². The number of esters is 1. The van der Waals surface area contributed by atoms with Gasteiger partial charge in [-0.15, -0.1) is 0 Å². The molecule has 18 heavy (non-hydrogen) atoms. The van der Waals surface area contributed by atoms with Gasteiger partial charge in [-0.2, -0.15) is 9.78 Å². The van der Waals surface area contributed by atoms with E-state index in [-0.39, 0.29) is 18.2 Å². The predicted molar refractivity (Wildman–Crippen MR) is 69.7 cm³/mol. The molecule has 0 saturated heterocycles. The Morgan fingerprint density at radius 3 is 2.78 bits per heavy atom. The molecule has 0 unspecified atom stereocenters. The maximum atomic E-state index is 11.8. The lowest BCUT2D eigenvalue weighted by Gasteiger charge is -1.97. The summed E-state index contributed by atoms with van der Waals surface area (Å²) in [4.78, 5) is 23.3. The summed E-state index contributed by atoms with van der Waals surface area (Å²) in [6.07, 6.45) is 0. The normalized spacial score (nSPS) is 10.6. The zero-order valence-electron chi connectivity index (χ0n) is 9.94. The van der Waals surface area contributed by atoms with Crippen LogP contribution in [0.4, 0.5) is 0 Å². The molecule has 6 heteroatoms. The second-order valence-corrected chi connectivity index (χ2v) is 4.58. The highest BCUT2D eigenvalue weighted by Gasteiger charge is 2.19. The van der Waals surface area contributed by atoms with Crippen molar-refractivity contribution >= 4 is 38.7 Å². The average Bonchev–Trinajstić information content (AvgIpc) is 2.68. The van der Waals surface area contributed by atoms with Gasteiger partial charge in [-0.05, 0) is 25.1 Å². The first-order chi connectivity index (χ1) is 8.54. The van der Waals surface area contributed by atoms with Gasteiger partial charge < -0.3 is 4.74 Å². The second-order valence-electron chi connectivity index (χ2n) is 3.66. The summed E-state index contributed by atoms with van der Waals surface area (Å²) in [5, 5.41) is 4.62. The highest BCUT2D eigenvalue weighted by Crippen LogP contribution is 2.23. The van der Waals surface area contributed by atoms with Crippen molar-refractivity contribution in [1.82, 2.24) is 9.78 Å². The third kappa shape index (κ3) is 2.15. The summed E-state index contributed by atoms with van der Waals surface area (Å²) in [6, 6.07) is 5.27. The smallest absolute Gasteiger partial charge is 0.359 e. The van der Waals surface area contributed by atoms with Gasteiger partial charge in [0.2, 0.25) is 5.91 Å². The van der Waals surface area contributed by atoms with E-state index in [4.69, 9.17) is 4.74 Å². The Morgan fingerprint density at radius 2 is 2.17 bits per heavy atom. The third-order valence-electron chi connectivity index (χ3n) is 2.41. The van der Waals surface area contributed by atoms with E-state index in [0.29, 0.717) is 10.9 Å². The molecule has 5 nitrogen and oxygen atoms in total. The Kier molecular flexibility index (Phi) is 3.47. The molecule has 0 amide bonds. The SMILES string of the molecule is CCOC(=O)c1nn(C(C)=O)c2cc(Br)ccc12. The number of aromatic nitrogens is 2. The fourth-order valence-corrected chi connectivity index (χ4v) is 2.03. The summed E-state index contributed by atoms with van der Waals surface area (Å²) in [7, 11) is 0. The van der Waals surface area contributed by atoms with Crippen molar-refractivity contribution in [3.63, 3.8) is 0 Å². The molecule has 0 fully saturated rings. The molecule has 0 aliphatic heterocycles. The van der Waals surface area contributed by atoms with Gasteiger partial charge in [0.05, 0.1) is 12.1 Å². The monoisotopic (exact) mass is 310 g/mol. The molecule has 0 aliphatic rings. The third-order valence-corrected chi connectivity index (χ3v) is 2.90. The van der Waals surface area contributed by atoms with E-state index in [1.807, 2.05) is 0 Å². The average molecular weight is 311 g/mol. The zero-order chi connectivity index (χ0) is 13.3. The summed E-state index contributed by atoms with van der Waals surface area (Å²) in [6.45, 7) is 3.38. The number of rotatable bonds is 2. The van der Waals surface area contributed by atoms with Crippen LogP contribution < -0.4 is 0 Å². The van der Waals surface area contributed by atoms with Crippen molar-refractivity contribution in [2.45, 2.75) is 13.8 Å². The van der Waals surface area contributed by atoms with Gasteiger partial charge in [0, 0.05) is 16.8 Å². The lowest BCUT2D eigenvalue weighted by atomic mass is 10.2. The first-order valence-corrected chi connectivity index (χ1v) is 6.20. The number of hydrogen-bond donors (Lipinski definition) is 0. The second kappa shape index (κ2) is 4.89. The number of fused-ring (bicyclic) bond motifs is 1. The number of nitrogens with zero attached hydrogens (tertiary/aromatic N) is 2. The number of carbonyl (C=O) groups excluding carboxylic acids is 2. The van der Waals surface area contributed by atoms with Crippen LogP contribution in [0.15, 0.2) is 22.7 Å². The van der Waals surface area contributed by atoms with Crippen molar-refractivity contribution in [2.24, 2.45) is 0 Å². The lowest BCUT2D eigenvalue weighted by molar-refractivity contribution is 0.0521. The molecule has 0 radical (unpaired) electrons. The van der Waals surface area contributed by atoms with Crippen LogP contribution in [0.25, 0.3) is 10.9 Å². The Hall–Kier alpha value is -1.69. The number of benzene rings is 1. The predicted octanol–water partition coefficient (Wildman–Crippen LogP) is 2.64. The van der Waals surface area contributed by atoms with Crippen molar-refractivity contribution < 1.29 is 14.3 Å². The van der Waals surface area contributed by atoms with E-state index in [1.165, 1.54) is 11.6 Å². The van der Waals surface area contributed by atoms with E-state index >= 15 is 0 Å². The number of carbonyl (C=O) groups is 2. The molecule has 0 saturated carbocycles. The molecule has 0 atom stereocenters. The molecule has 1 heterocycles. The highest BCUT2D eigenvalue weighted by molar-refractivity contribution is 9.10. The molecule has 0 N–H and O–H groups in total. The van der Waals surface area contributed by atoms with Crippen molar-refractivity contribution in [2.75, 3.05) is 6.61 Å². The summed E-state index contributed by atoms with van der Waals surface area (Å²) < 4.78 is 6.94. The minimum atomic E-state index is -0.523. The molecule has 1 aromatic carbocycles. The van der Waals surface area contributed by atoms with Crippen molar-refractivity contribution in [3.8, 4) is 0 Å². The molecular weight excluding hydrogens is 300 g/mol. The van der Waals surface area contributed by atoms with Crippen LogP contribution in [0.1, 0.15) is 29.1 Å². The zero-order valence-corrected chi connectivity index (χ0v) is 11.5. The van der Waals surface area contributed by atoms with Gasteiger partial charge in [-0.25, -0.2) is 4.79 Å². The Labute approximate surface area is 112 Å². The van der Waals surface area contributed by atoms with Crippen LogP contribution in [-0.4, -0.2) is 28.3 Å². The van der Waals surface area contributed by atoms with Gasteiger partial charge >= 0.3 is 5.97 Å². The lowest BCUT2D eigenvalue weighted by Crippen LogP contribution is -2.10. The maximum Gasteiger partial charge on any atom is 0.359 e. The van der Waals surface area contributed by atoms with Crippen LogP contribution in [-0.2, 0) is 4.74 Å². The van der Waals surface area contributed by atoms with Gasteiger partial charge in [-0.3, -0.25) is 4.79 Å². The van der Waals surface area contributed by atoms with Crippen LogP contribution in [0, 0.1) is 0 Å². The van der Waals surface area contributed by atoms with Gasteiger partial charge in [0.1, 0.15) is 0 Å². The van der Waals surface area contributed by atoms with E-state index in [9.17, 15) is 9.59 Å². The van der Waals surface area contributed by atoms with Gasteiger partial charge in [0.15, 0.2) is 5.69 Å². The van der Waals surface area contributed by atoms with Crippen LogP contribution in [0.5, 0.6) is 0 Å². The van der Waals surface area contributed by atoms with Gasteiger partial charge in [0.25, 0.3) is 0 Å². The Morgan fingerprint density at radius 1 is 1.44 bits per heavy atom. The van der Waals surface area contributed by atoms with Crippen molar-refractivity contribution in [1.29, 1.82) is 0 Å². The van der Waals surface area contributed by atoms with Gasteiger partial charge in [-0.1, -0.05) is 15.9 Å². The fourth-order valence-electron chi connectivity index (χ4n) is 1.68. The summed E-state index contributed by atoms with van der Waals surface area (Å²) in [5.41, 5.74) is 0.745. The van der Waals surface area contributed by atoms with E-state index in [2.05, 4.69) is 21.0 Å². The molecule has 94 valence electrons. The van der Waals surface area contributed by atoms with Crippen molar-refractivity contribution in [3.05, 3.63) is 28.4 Å². The summed E-state index contributed by atoms with van der Waals surface area (Å²) in [5.74, 6) is -0.779. The first kappa shape index (κ1) is 12.8. The molecule has 2 aromatic rings. The number of halogens is 1. The topological polar surface area (TPSA) is 61.2 Å². The largest absolute Gasteiger partial charge is 0.461 e. The van der Waals surface area contributed by atoms with E-state index in [0.717, 1.165) is 4.47 Å². The fraction of sp³-hybridized carbons (Fsp3) is 0.250. The molecular formula is C12H11BrN2O3. The first-order valence-electron chi connectivity index (χ1n) is 5.41. The molecule has 0 aliphatic carbocycles. The number of hydrogen-bond acceptors (Lipinski definition) is 4. The quantitative estimate of drug-likeness (QED) is 0.800. The van der Waals surface area contributed by atoms with E-state index < -0.39 is 5.97 Å². The molecule has 1 aromatic heterocycles. The minimum Gasteiger partial charge on any atom is -0.461 e. The Bertz CT molecular complexity index is 634. The van der Waals surface area contributed by atoms with Crippen LogP contribution in [0.3, 0.4) is 0 Å². The molecule has 0 bridgehead atoms. The standard InChI is InChI=1S/C12H11BrN2O3/c1-3-18-12(17)11-9-5-4-8(13)6-10(9)15(14-11)7(2)16/h4-6H,3H2,1-2H3. The number of ether oxygens (including phenoxy) is 1. The minimum absolute atomic E-state index is 0.162. The highest BCUT2D eigenvalue weighted by atomic mass is 79.9. The molecule has 2 rings (SSSR count). The Balaban J connectivity index is 2.68.